The van der Waals surface area contributed by atoms with E-state index in [1.807, 2.05) is 24.3 Å². The van der Waals surface area contributed by atoms with E-state index in [1.54, 1.807) is 36.1 Å². The maximum absolute atomic E-state index is 12.8. The molecule has 7 heteroatoms. The van der Waals surface area contributed by atoms with Crippen molar-refractivity contribution in [2.75, 3.05) is 41.4 Å². The Morgan fingerprint density at radius 1 is 1.06 bits per heavy atom. The number of amides is 2. The van der Waals surface area contributed by atoms with Gasteiger partial charge in [0.25, 0.3) is 0 Å². The number of carbonyl (C=O) groups is 3. The summed E-state index contributed by atoms with van der Waals surface area (Å²) in [6.07, 6.45) is 2.59. The lowest BCUT2D eigenvalue weighted by molar-refractivity contribution is -0.122. The van der Waals surface area contributed by atoms with E-state index in [9.17, 15) is 14.4 Å². The first-order valence-corrected chi connectivity index (χ1v) is 10.8. The molecule has 2 fully saturated rings. The fourth-order valence-electron chi connectivity index (χ4n) is 4.13. The molecule has 2 aromatic carbocycles. The topological polar surface area (TPSA) is 78.9 Å². The second-order valence-electron chi connectivity index (χ2n) is 7.91. The highest BCUT2D eigenvalue weighted by Crippen LogP contribution is 2.29. The molecule has 1 atom stereocenters. The summed E-state index contributed by atoms with van der Waals surface area (Å²) in [4.78, 5) is 41.2. The lowest BCUT2D eigenvalue weighted by Crippen LogP contribution is -2.28. The van der Waals surface area contributed by atoms with Crippen LogP contribution in [0.3, 0.4) is 0 Å². The van der Waals surface area contributed by atoms with Crippen molar-refractivity contribution in [3.05, 3.63) is 54.1 Å². The summed E-state index contributed by atoms with van der Waals surface area (Å²) in [6, 6.07) is 14.6. The van der Waals surface area contributed by atoms with Crippen molar-refractivity contribution in [1.82, 2.24) is 0 Å². The number of ether oxygens (including phenoxy) is 1. The second kappa shape index (κ2) is 9.20. The summed E-state index contributed by atoms with van der Waals surface area (Å²) in [5.74, 6) is -1.17. The van der Waals surface area contributed by atoms with Gasteiger partial charge in [-0.05, 0) is 62.2 Å². The number of nitrogens with one attached hydrogen (secondary N) is 1. The molecule has 7 nitrogen and oxygen atoms in total. The van der Waals surface area contributed by atoms with E-state index >= 15 is 0 Å². The molecule has 0 saturated carbocycles. The normalized spacial score (nSPS) is 18.4. The Hall–Kier alpha value is -3.35. The highest BCUT2D eigenvalue weighted by molar-refractivity contribution is 6.04. The number of carbonyl (C=O) groups excluding carboxylic acids is 3. The van der Waals surface area contributed by atoms with E-state index in [-0.39, 0.29) is 24.8 Å². The third-order valence-electron chi connectivity index (χ3n) is 5.77. The van der Waals surface area contributed by atoms with Gasteiger partial charge in [-0.15, -0.1) is 0 Å². The van der Waals surface area contributed by atoms with Gasteiger partial charge in [0.2, 0.25) is 11.8 Å². The average molecular weight is 421 g/mol. The zero-order valence-corrected chi connectivity index (χ0v) is 17.7. The van der Waals surface area contributed by atoms with E-state index in [0.717, 1.165) is 18.8 Å². The summed E-state index contributed by atoms with van der Waals surface area (Å²) in [6.45, 7) is 4.51. The Kier molecular flexibility index (Phi) is 6.21. The van der Waals surface area contributed by atoms with Crippen LogP contribution < -0.4 is 15.1 Å². The number of rotatable bonds is 6. The maximum atomic E-state index is 12.8. The van der Waals surface area contributed by atoms with Gasteiger partial charge in [-0.1, -0.05) is 6.07 Å². The number of anilines is 3. The highest BCUT2D eigenvalue weighted by Gasteiger charge is 2.35. The molecule has 0 bridgehead atoms. The highest BCUT2D eigenvalue weighted by atomic mass is 16.5. The van der Waals surface area contributed by atoms with Crippen LogP contribution in [0.1, 0.15) is 36.5 Å². The summed E-state index contributed by atoms with van der Waals surface area (Å²) in [5, 5.41) is 2.83. The van der Waals surface area contributed by atoms with Crippen LogP contribution in [0.25, 0.3) is 0 Å². The van der Waals surface area contributed by atoms with E-state index in [0.29, 0.717) is 17.8 Å². The van der Waals surface area contributed by atoms with Gasteiger partial charge >= 0.3 is 5.97 Å². The second-order valence-corrected chi connectivity index (χ2v) is 7.91. The summed E-state index contributed by atoms with van der Waals surface area (Å²) >= 11 is 0. The van der Waals surface area contributed by atoms with Crippen LogP contribution in [0.2, 0.25) is 0 Å². The molecule has 31 heavy (non-hydrogen) atoms. The van der Waals surface area contributed by atoms with Crippen LogP contribution in [0.5, 0.6) is 0 Å². The predicted molar refractivity (Wildman–Crippen MR) is 119 cm³/mol. The van der Waals surface area contributed by atoms with Crippen LogP contribution in [0, 0.1) is 5.92 Å². The lowest BCUT2D eigenvalue weighted by atomic mass is 10.1. The molecule has 2 aliphatic heterocycles. The first-order chi connectivity index (χ1) is 15.0. The third kappa shape index (κ3) is 4.71. The average Bonchev–Trinajstić information content (AvgIpc) is 3.44. The monoisotopic (exact) mass is 421 g/mol. The lowest BCUT2D eigenvalue weighted by Gasteiger charge is -2.20. The van der Waals surface area contributed by atoms with Crippen molar-refractivity contribution in [2.45, 2.75) is 26.2 Å². The zero-order chi connectivity index (χ0) is 21.8. The molecule has 0 aliphatic carbocycles. The predicted octanol–water partition coefficient (Wildman–Crippen LogP) is 3.46. The minimum atomic E-state index is -0.447. The van der Waals surface area contributed by atoms with Crippen LogP contribution >= 0.6 is 0 Å². The van der Waals surface area contributed by atoms with E-state index in [1.165, 1.54) is 18.5 Å². The molecule has 0 radical (unpaired) electrons. The number of esters is 1. The fourth-order valence-corrected chi connectivity index (χ4v) is 4.13. The smallest absolute Gasteiger partial charge is 0.338 e. The Labute approximate surface area is 182 Å². The van der Waals surface area contributed by atoms with Gasteiger partial charge in [-0.3, -0.25) is 9.59 Å². The Balaban J connectivity index is 1.39. The Bertz CT molecular complexity index is 967. The van der Waals surface area contributed by atoms with E-state index in [4.69, 9.17) is 4.74 Å². The van der Waals surface area contributed by atoms with Crippen LogP contribution in [0.15, 0.2) is 48.5 Å². The first-order valence-electron chi connectivity index (χ1n) is 10.8. The molecule has 1 N–H and O–H groups in total. The van der Waals surface area contributed by atoms with Crippen molar-refractivity contribution in [3.8, 4) is 0 Å². The SMILES string of the molecule is CCOC(=O)c1cccc(NC(=O)C2CC(=O)N(c3ccc(N4CCCC4)cc3)C2)c1. The van der Waals surface area contributed by atoms with Crippen molar-refractivity contribution >= 4 is 34.8 Å². The summed E-state index contributed by atoms with van der Waals surface area (Å²) in [5.41, 5.74) is 2.87. The van der Waals surface area contributed by atoms with Crippen LogP contribution in [0.4, 0.5) is 17.1 Å². The molecule has 4 rings (SSSR count). The minimum Gasteiger partial charge on any atom is -0.462 e. The fraction of sp³-hybridized carbons (Fsp3) is 0.375. The van der Waals surface area contributed by atoms with Gasteiger partial charge in [-0.2, -0.15) is 0 Å². The molecule has 162 valence electrons. The quantitative estimate of drug-likeness (QED) is 0.723. The summed E-state index contributed by atoms with van der Waals surface area (Å²) in [7, 11) is 0. The molecule has 2 amide bonds. The van der Waals surface area contributed by atoms with Gasteiger partial charge < -0.3 is 19.9 Å². The zero-order valence-electron chi connectivity index (χ0n) is 17.7. The van der Waals surface area contributed by atoms with Crippen LogP contribution in [-0.2, 0) is 14.3 Å². The minimum absolute atomic E-state index is 0.0608. The molecule has 0 spiro atoms. The van der Waals surface area contributed by atoms with Crippen molar-refractivity contribution in [1.29, 1.82) is 0 Å². The maximum Gasteiger partial charge on any atom is 0.338 e. The van der Waals surface area contributed by atoms with Gasteiger partial charge in [0.15, 0.2) is 0 Å². The number of hydrogen-bond acceptors (Lipinski definition) is 5. The molecule has 1 unspecified atom stereocenters. The molecular formula is C24H27N3O4. The Morgan fingerprint density at radius 3 is 2.48 bits per heavy atom. The summed E-state index contributed by atoms with van der Waals surface area (Å²) < 4.78 is 5.00. The van der Waals surface area contributed by atoms with Crippen molar-refractivity contribution in [3.63, 3.8) is 0 Å². The molecule has 2 aromatic rings. The molecule has 2 heterocycles. The van der Waals surface area contributed by atoms with Crippen molar-refractivity contribution < 1.29 is 19.1 Å². The first kappa shape index (κ1) is 20.9. The van der Waals surface area contributed by atoms with Gasteiger partial charge in [0, 0.05) is 43.1 Å². The number of hydrogen-bond donors (Lipinski definition) is 1. The number of benzene rings is 2. The standard InChI is InChI=1S/C24H27N3O4/c1-2-31-24(30)17-6-5-7-19(14-17)25-23(29)18-15-22(28)27(16-18)21-10-8-20(9-11-21)26-12-3-4-13-26/h5-11,14,18H,2-4,12-13,15-16H2,1H3,(H,25,29). The third-order valence-corrected chi connectivity index (χ3v) is 5.77. The molecule has 2 saturated heterocycles. The van der Waals surface area contributed by atoms with E-state index < -0.39 is 11.9 Å². The van der Waals surface area contributed by atoms with Crippen molar-refractivity contribution in [2.24, 2.45) is 5.92 Å². The number of nitrogens with zero attached hydrogens (tertiary/aromatic N) is 2. The largest absolute Gasteiger partial charge is 0.462 e. The van der Waals surface area contributed by atoms with Gasteiger partial charge in [0.05, 0.1) is 18.1 Å². The van der Waals surface area contributed by atoms with Gasteiger partial charge in [0.1, 0.15) is 0 Å². The molecule has 0 aromatic heterocycles. The molecular weight excluding hydrogens is 394 g/mol. The molecule has 2 aliphatic rings. The Morgan fingerprint density at radius 2 is 1.77 bits per heavy atom. The van der Waals surface area contributed by atoms with E-state index in [2.05, 4.69) is 10.2 Å². The van der Waals surface area contributed by atoms with Gasteiger partial charge in [-0.25, -0.2) is 4.79 Å². The van der Waals surface area contributed by atoms with Crippen LogP contribution in [-0.4, -0.2) is 44.0 Å².